The first kappa shape index (κ1) is 21.2. The highest BCUT2D eigenvalue weighted by molar-refractivity contribution is 6.31. The molecule has 6 nitrogen and oxygen atoms in total. The van der Waals surface area contributed by atoms with Crippen molar-refractivity contribution in [3.63, 3.8) is 0 Å². The van der Waals surface area contributed by atoms with E-state index in [1.54, 1.807) is 18.2 Å². The molecule has 0 radical (unpaired) electrons. The van der Waals surface area contributed by atoms with Gasteiger partial charge in [-0.2, -0.15) is 0 Å². The van der Waals surface area contributed by atoms with Gasteiger partial charge in [-0.3, -0.25) is 4.79 Å². The number of nitrogens with one attached hydrogen (secondary N) is 1. The number of amides is 1. The van der Waals surface area contributed by atoms with E-state index in [0.717, 1.165) is 6.07 Å². The number of halogens is 2. The molecule has 1 atom stereocenters. The smallest absolute Gasteiger partial charge is 0.331 e. The molecule has 0 aromatic heterocycles. The third-order valence-electron chi connectivity index (χ3n) is 3.63. The van der Waals surface area contributed by atoms with Crippen molar-refractivity contribution >= 4 is 35.2 Å². The molecule has 0 spiro atoms. The number of carbonyl (C=O) groups is 2. The van der Waals surface area contributed by atoms with Gasteiger partial charge in [-0.05, 0) is 48.9 Å². The standard InChI is InChI=1S/C20H19ClFNO5/c1-12(20(25)23-14-5-6-18(22)17(21)10-14)28-19(24)7-4-13-8-15(26-2)11-16(9-13)27-3/h4-12H,1-3H3,(H,23,25)/b7-4+/t12-/m1/s1. The summed E-state index contributed by atoms with van der Waals surface area (Å²) in [5.74, 6) is -0.747. The normalized spacial score (nSPS) is 11.8. The molecule has 1 amide bonds. The van der Waals surface area contributed by atoms with E-state index in [1.807, 2.05) is 0 Å². The van der Waals surface area contributed by atoms with Crippen LogP contribution in [0, 0.1) is 5.82 Å². The van der Waals surface area contributed by atoms with Crippen LogP contribution in [0.25, 0.3) is 6.08 Å². The number of hydrogen-bond donors (Lipinski definition) is 1. The van der Waals surface area contributed by atoms with Gasteiger partial charge in [-0.15, -0.1) is 0 Å². The lowest BCUT2D eigenvalue weighted by Gasteiger charge is -2.12. The monoisotopic (exact) mass is 407 g/mol. The fraction of sp³-hybridized carbons (Fsp3) is 0.200. The first-order valence-corrected chi connectivity index (χ1v) is 8.58. The second-order valence-electron chi connectivity index (χ2n) is 5.68. The van der Waals surface area contributed by atoms with Crippen LogP contribution in [0.2, 0.25) is 5.02 Å². The summed E-state index contributed by atoms with van der Waals surface area (Å²) < 4.78 is 28.5. The number of hydrogen-bond acceptors (Lipinski definition) is 5. The Balaban J connectivity index is 1.97. The Bertz CT molecular complexity index is 878. The minimum Gasteiger partial charge on any atom is -0.497 e. The topological polar surface area (TPSA) is 73.9 Å². The minimum absolute atomic E-state index is 0.126. The van der Waals surface area contributed by atoms with E-state index in [-0.39, 0.29) is 5.02 Å². The molecule has 148 valence electrons. The fourth-order valence-electron chi connectivity index (χ4n) is 2.17. The molecule has 1 N–H and O–H groups in total. The predicted molar refractivity (Wildman–Crippen MR) is 104 cm³/mol. The summed E-state index contributed by atoms with van der Waals surface area (Å²) >= 11 is 5.67. The van der Waals surface area contributed by atoms with Gasteiger partial charge in [0.2, 0.25) is 0 Å². The number of esters is 1. The van der Waals surface area contributed by atoms with Crippen LogP contribution in [0.15, 0.2) is 42.5 Å². The molecule has 0 unspecified atom stereocenters. The molecule has 2 aromatic carbocycles. The molecular formula is C20H19ClFNO5. The summed E-state index contributed by atoms with van der Waals surface area (Å²) in [5, 5.41) is 2.37. The van der Waals surface area contributed by atoms with Crippen LogP contribution >= 0.6 is 11.6 Å². The molecule has 0 aliphatic carbocycles. The average Bonchev–Trinajstić information content (AvgIpc) is 2.68. The molecule has 28 heavy (non-hydrogen) atoms. The zero-order chi connectivity index (χ0) is 20.7. The molecule has 2 aromatic rings. The van der Waals surface area contributed by atoms with Crippen molar-refractivity contribution in [2.24, 2.45) is 0 Å². The van der Waals surface area contributed by atoms with Gasteiger partial charge in [-0.1, -0.05) is 11.6 Å². The van der Waals surface area contributed by atoms with E-state index in [2.05, 4.69) is 5.32 Å². The Morgan fingerprint density at radius 2 is 1.75 bits per heavy atom. The van der Waals surface area contributed by atoms with Gasteiger partial charge in [0.05, 0.1) is 19.2 Å². The lowest BCUT2D eigenvalue weighted by atomic mass is 10.2. The number of benzene rings is 2. The van der Waals surface area contributed by atoms with Crippen molar-refractivity contribution in [1.29, 1.82) is 0 Å². The first-order chi connectivity index (χ1) is 13.3. The van der Waals surface area contributed by atoms with Crippen molar-refractivity contribution in [3.05, 3.63) is 58.9 Å². The van der Waals surface area contributed by atoms with Gasteiger partial charge in [0.1, 0.15) is 17.3 Å². The zero-order valence-corrected chi connectivity index (χ0v) is 16.2. The highest BCUT2D eigenvalue weighted by atomic mass is 35.5. The maximum atomic E-state index is 13.1. The summed E-state index contributed by atoms with van der Waals surface area (Å²) in [6.45, 7) is 1.42. The van der Waals surface area contributed by atoms with Crippen molar-refractivity contribution in [2.45, 2.75) is 13.0 Å². The lowest BCUT2D eigenvalue weighted by molar-refractivity contribution is -0.148. The van der Waals surface area contributed by atoms with Crippen LogP contribution < -0.4 is 14.8 Å². The van der Waals surface area contributed by atoms with Crippen molar-refractivity contribution < 1.29 is 28.2 Å². The number of carbonyl (C=O) groups excluding carboxylic acids is 2. The molecule has 0 saturated carbocycles. The number of methoxy groups -OCH3 is 2. The Labute approximate surface area is 166 Å². The van der Waals surface area contributed by atoms with Crippen LogP contribution in [-0.2, 0) is 14.3 Å². The summed E-state index contributed by atoms with van der Waals surface area (Å²) in [6.07, 6.45) is 1.63. The summed E-state index contributed by atoms with van der Waals surface area (Å²) in [4.78, 5) is 24.1. The third kappa shape index (κ3) is 5.99. The number of rotatable bonds is 7. The quantitative estimate of drug-likeness (QED) is 0.553. The Morgan fingerprint density at radius 3 is 2.32 bits per heavy atom. The Morgan fingerprint density at radius 1 is 1.11 bits per heavy atom. The molecule has 0 saturated heterocycles. The number of anilines is 1. The average molecular weight is 408 g/mol. The van der Waals surface area contributed by atoms with Gasteiger partial charge in [0.15, 0.2) is 6.10 Å². The predicted octanol–water partition coefficient (Wildman–Crippen LogP) is 4.08. The van der Waals surface area contributed by atoms with Crippen LogP contribution in [0.4, 0.5) is 10.1 Å². The van der Waals surface area contributed by atoms with Crippen LogP contribution in [0.5, 0.6) is 11.5 Å². The van der Waals surface area contributed by atoms with Crippen LogP contribution in [0.1, 0.15) is 12.5 Å². The van der Waals surface area contributed by atoms with Crippen molar-refractivity contribution in [1.82, 2.24) is 0 Å². The van der Waals surface area contributed by atoms with E-state index < -0.39 is 23.8 Å². The minimum atomic E-state index is -1.07. The molecule has 8 heteroatoms. The van der Waals surface area contributed by atoms with E-state index in [1.165, 1.54) is 45.4 Å². The summed E-state index contributed by atoms with van der Waals surface area (Å²) in [5.41, 5.74) is 0.949. The molecule has 2 rings (SSSR count). The van der Waals surface area contributed by atoms with E-state index in [0.29, 0.717) is 22.7 Å². The van der Waals surface area contributed by atoms with Crippen LogP contribution in [0.3, 0.4) is 0 Å². The van der Waals surface area contributed by atoms with E-state index in [9.17, 15) is 14.0 Å². The van der Waals surface area contributed by atoms with Crippen molar-refractivity contribution in [3.8, 4) is 11.5 Å². The maximum absolute atomic E-state index is 13.1. The second-order valence-corrected chi connectivity index (χ2v) is 6.08. The summed E-state index contributed by atoms with van der Waals surface area (Å²) in [7, 11) is 3.04. The SMILES string of the molecule is COc1cc(/C=C/C(=O)O[C@H](C)C(=O)Nc2ccc(F)c(Cl)c2)cc(OC)c1. The van der Waals surface area contributed by atoms with Gasteiger partial charge in [0, 0.05) is 17.8 Å². The molecule has 0 heterocycles. The molecule has 0 bridgehead atoms. The van der Waals surface area contributed by atoms with Gasteiger partial charge >= 0.3 is 5.97 Å². The Kier molecular flexibility index (Phi) is 7.40. The number of ether oxygens (including phenoxy) is 3. The molecule has 0 fully saturated rings. The maximum Gasteiger partial charge on any atom is 0.331 e. The largest absolute Gasteiger partial charge is 0.497 e. The fourth-order valence-corrected chi connectivity index (χ4v) is 2.36. The van der Waals surface area contributed by atoms with Crippen molar-refractivity contribution in [2.75, 3.05) is 19.5 Å². The molecular weight excluding hydrogens is 389 g/mol. The van der Waals surface area contributed by atoms with Gasteiger partial charge < -0.3 is 19.5 Å². The third-order valence-corrected chi connectivity index (χ3v) is 3.92. The molecule has 0 aliphatic rings. The first-order valence-electron chi connectivity index (χ1n) is 8.20. The highest BCUT2D eigenvalue weighted by Gasteiger charge is 2.17. The van der Waals surface area contributed by atoms with E-state index in [4.69, 9.17) is 25.8 Å². The van der Waals surface area contributed by atoms with E-state index >= 15 is 0 Å². The second kappa shape index (κ2) is 9.75. The lowest BCUT2D eigenvalue weighted by Crippen LogP contribution is -2.29. The van der Waals surface area contributed by atoms with Crippen LogP contribution in [-0.4, -0.2) is 32.2 Å². The zero-order valence-electron chi connectivity index (χ0n) is 15.5. The summed E-state index contributed by atoms with van der Waals surface area (Å²) in [6, 6.07) is 8.86. The highest BCUT2D eigenvalue weighted by Crippen LogP contribution is 2.23. The Hall–Kier alpha value is -3.06. The van der Waals surface area contributed by atoms with Gasteiger partial charge in [0.25, 0.3) is 5.91 Å². The van der Waals surface area contributed by atoms with Gasteiger partial charge in [-0.25, -0.2) is 9.18 Å². The molecule has 0 aliphatic heterocycles.